The van der Waals surface area contributed by atoms with Crippen LogP contribution in [0.4, 0.5) is 0 Å². The van der Waals surface area contributed by atoms with Gasteiger partial charge in [-0.1, -0.05) is 48.0 Å². The van der Waals surface area contributed by atoms with Gasteiger partial charge >= 0.3 is 0 Å². The molecule has 37 heavy (non-hydrogen) atoms. The molecule has 1 atom stereocenters. The zero-order valence-corrected chi connectivity index (χ0v) is 22.3. The lowest BCUT2D eigenvalue weighted by molar-refractivity contribution is -0.0576. The lowest BCUT2D eigenvalue weighted by Gasteiger charge is -2.27. The fourth-order valence-electron chi connectivity index (χ4n) is 4.10. The van der Waals surface area contributed by atoms with Crippen molar-refractivity contribution in [3.63, 3.8) is 0 Å². The zero-order chi connectivity index (χ0) is 26.4. The molecule has 2 aromatic heterocycles. The minimum atomic E-state index is -0.674. The Morgan fingerprint density at radius 1 is 1.00 bits per heavy atom. The Balaban J connectivity index is 1.67. The van der Waals surface area contributed by atoms with Gasteiger partial charge in [-0.15, -0.1) is 0 Å². The molecule has 1 unspecified atom stereocenters. The summed E-state index contributed by atoms with van der Waals surface area (Å²) in [6.07, 6.45) is 0.991. The molecule has 7 nitrogen and oxygen atoms in total. The topological polar surface area (TPSA) is 72.9 Å². The van der Waals surface area contributed by atoms with E-state index in [1.54, 1.807) is 10.9 Å². The quantitative estimate of drug-likeness (QED) is 0.272. The molecule has 0 fully saturated rings. The first-order chi connectivity index (χ1) is 17.7. The molecule has 4 rings (SSSR count). The van der Waals surface area contributed by atoms with Crippen molar-refractivity contribution < 1.29 is 19.0 Å². The van der Waals surface area contributed by atoms with Gasteiger partial charge in [-0.05, 0) is 52.0 Å². The molecule has 0 aliphatic heterocycles. The summed E-state index contributed by atoms with van der Waals surface area (Å²) in [5.41, 5.74) is 3.62. The van der Waals surface area contributed by atoms with Crippen molar-refractivity contribution in [2.45, 2.75) is 52.5 Å². The smallest absolute Gasteiger partial charge is 0.222 e. The lowest BCUT2D eigenvalue weighted by Crippen LogP contribution is -2.36. The normalized spacial score (nSPS) is 12.7. The van der Waals surface area contributed by atoms with Crippen LogP contribution in [0.2, 0.25) is 0 Å². The Morgan fingerprint density at radius 3 is 2.38 bits per heavy atom. The Morgan fingerprint density at radius 2 is 1.73 bits per heavy atom. The molecule has 0 aliphatic carbocycles. The third-order valence-corrected chi connectivity index (χ3v) is 5.89. The van der Waals surface area contributed by atoms with Gasteiger partial charge in [0.05, 0.1) is 36.7 Å². The van der Waals surface area contributed by atoms with Crippen LogP contribution in [0, 0.1) is 6.92 Å². The van der Waals surface area contributed by atoms with Gasteiger partial charge in [-0.3, -0.25) is 4.90 Å². The highest BCUT2D eigenvalue weighted by Gasteiger charge is 2.24. The summed E-state index contributed by atoms with van der Waals surface area (Å²) in [5, 5.41) is 15.7. The molecule has 0 saturated heterocycles. The van der Waals surface area contributed by atoms with Crippen LogP contribution in [0.25, 0.3) is 11.3 Å². The molecule has 7 heteroatoms. The first-order valence-corrected chi connectivity index (χ1v) is 12.6. The number of ether oxygens (including phenoxy) is 2. The molecule has 0 aliphatic rings. The number of hydrogen-bond acceptors (Lipinski definition) is 6. The molecular formula is C30H37N3O4. The summed E-state index contributed by atoms with van der Waals surface area (Å²) < 4.78 is 19.7. The number of aliphatic hydroxyl groups is 1. The highest BCUT2D eigenvalue weighted by atomic mass is 16.5. The van der Waals surface area contributed by atoms with E-state index in [1.807, 2.05) is 101 Å². The largest absolute Gasteiger partial charge is 0.468 e. The van der Waals surface area contributed by atoms with E-state index in [0.29, 0.717) is 25.5 Å². The van der Waals surface area contributed by atoms with E-state index in [9.17, 15) is 5.11 Å². The van der Waals surface area contributed by atoms with Crippen LogP contribution in [0.3, 0.4) is 0 Å². The van der Waals surface area contributed by atoms with Gasteiger partial charge in [0.1, 0.15) is 17.2 Å². The fourth-order valence-corrected chi connectivity index (χ4v) is 4.10. The van der Waals surface area contributed by atoms with Crippen molar-refractivity contribution in [2.75, 3.05) is 13.2 Å². The number of aromatic nitrogens is 2. The predicted molar refractivity (Wildman–Crippen MR) is 144 cm³/mol. The lowest BCUT2D eigenvalue weighted by atomic mass is 10.1. The third-order valence-electron chi connectivity index (χ3n) is 5.89. The second kappa shape index (κ2) is 11.8. The number of aliphatic hydroxyl groups excluding tert-OH is 1. The van der Waals surface area contributed by atoms with Crippen LogP contribution >= 0.6 is 0 Å². The van der Waals surface area contributed by atoms with E-state index < -0.39 is 6.10 Å². The molecule has 0 saturated carbocycles. The monoisotopic (exact) mass is 503 g/mol. The minimum Gasteiger partial charge on any atom is -0.468 e. The number of furan rings is 1. The minimum absolute atomic E-state index is 0.240. The van der Waals surface area contributed by atoms with E-state index in [4.69, 9.17) is 19.0 Å². The maximum atomic E-state index is 10.9. The van der Waals surface area contributed by atoms with Crippen LogP contribution in [-0.2, 0) is 24.9 Å². The second-order valence-corrected chi connectivity index (χ2v) is 10.4. The first-order valence-electron chi connectivity index (χ1n) is 12.6. The van der Waals surface area contributed by atoms with Gasteiger partial charge in [0.15, 0.2) is 0 Å². The van der Waals surface area contributed by atoms with Gasteiger partial charge in [0, 0.05) is 25.7 Å². The zero-order valence-electron chi connectivity index (χ0n) is 22.3. The SMILES string of the molecule is Cc1ccc(Oc2c(CN(Cc3ccco3)CC(O)COC(C)(C)C)c(-c3ccccc3)nn2C)cc1. The third kappa shape index (κ3) is 7.55. The molecule has 0 amide bonds. The van der Waals surface area contributed by atoms with Crippen LogP contribution in [0.5, 0.6) is 11.6 Å². The Bertz CT molecular complexity index is 1240. The second-order valence-electron chi connectivity index (χ2n) is 10.4. The Hall–Kier alpha value is -3.39. The van der Waals surface area contributed by atoms with Crippen molar-refractivity contribution in [3.05, 3.63) is 89.9 Å². The summed E-state index contributed by atoms with van der Waals surface area (Å²) in [7, 11) is 1.89. The molecule has 0 radical (unpaired) electrons. The number of nitrogens with zero attached hydrogens (tertiary/aromatic N) is 3. The Kier molecular flexibility index (Phi) is 8.48. The summed E-state index contributed by atoms with van der Waals surface area (Å²) in [5.74, 6) is 2.22. The molecule has 0 spiro atoms. The maximum absolute atomic E-state index is 10.9. The highest BCUT2D eigenvalue weighted by Crippen LogP contribution is 2.34. The summed E-state index contributed by atoms with van der Waals surface area (Å²) in [4.78, 5) is 2.14. The average molecular weight is 504 g/mol. The number of benzene rings is 2. The van der Waals surface area contributed by atoms with Crippen LogP contribution in [0.1, 0.15) is 37.7 Å². The van der Waals surface area contributed by atoms with E-state index in [0.717, 1.165) is 28.3 Å². The highest BCUT2D eigenvalue weighted by molar-refractivity contribution is 5.65. The van der Waals surface area contributed by atoms with E-state index in [-0.39, 0.29) is 12.2 Å². The van der Waals surface area contributed by atoms with Gasteiger partial charge in [0.25, 0.3) is 0 Å². The molecule has 1 N–H and O–H groups in total. The van der Waals surface area contributed by atoms with Crippen molar-refractivity contribution in [1.29, 1.82) is 0 Å². The average Bonchev–Trinajstić information content (AvgIpc) is 3.48. The van der Waals surface area contributed by atoms with Crippen LogP contribution < -0.4 is 4.74 Å². The number of hydrogen-bond donors (Lipinski definition) is 1. The van der Waals surface area contributed by atoms with Crippen molar-refractivity contribution >= 4 is 0 Å². The van der Waals surface area contributed by atoms with Crippen molar-refractivity contribution in [2.24, 2.45) is 7.05 Å². The molecule has 0 bridgehead atoms. The number of rotatable bonds is 11. The van der Waals surface area contributed by atoms with E-state index in [1.165, 1.54) is 5.56 Å². The molecule has 2 aromatic carbocycles. The standard InChI is InChI=1S/C30H37N3O4/c1-22-13-15-25(16-14-22)37-29-27(28(31-32(29)5)23-10-7-6-8-11-23)20-33(19-26-12-9-17-35-26)18-24(34)21-36-30(2,3)4/h6-17,24,34H,18-21H2,1-5H3. The van der Waals surface area contributed by atoms with Crippen LogP contribution in [-0.4, -0.2) is 44.6 Å². The summed E-state index contributed by atoms with van der Waals surface area (Å²) >= 11 is 0. The van der Waals surface area contributed by atoms with Gasteiger partial charge in [0.2, 0.25) is 5.88 Å². The Labute approximate surface area is 219 Å². The summed E-state index contributed by atoms with van der Waals surface area (Å²) in [6.45, 7) is 9.64. The predicted octanol–water partition coefficient (Wildman–Crippen LogP) is 5.96. The first kappa shape index (κ1) is 26.7. The molecule has 196 valence electrons. The van der Waals surface area contributed by atoms with Crippen molar-refractivity contribution in [1.82, 2.24) is 14.7 Å². The van der Waals surface area contributed by atoms with Crippen molar-refractivity contribution in [3.8, 4) is 22.9 Å². The molecule has 2 heterocycles. The van der Waals surface area contributed by atoms with E-state index in [2.05, 4.69) is 4.90 Å². The van der Waals surface area contributed by atoms with Gasteiger partial charge < -0.3 is 19.0 Å². The van der Waals surface area contributed by atoms with Gasteiger partial charge in [-0.2, -0.15) is 5.10 Å². The van der Waals surface area contributed by atoms with E-state index >= 15 is 0 Å². The fraction of sp³-hybridized carbons (Fsp3) is 0.367. The van der Waals surface area contributed by atoms with Gasteiger partial charge in [-0.25, -0.2) is 4.68 Å². The summed E-state index contributed by atoms with van der Waals surface area (Å²) in [6, 6.07) is 21.9. The van der Waals surface area contributed by atoms with Crippen LogP contribution in [0.15, 0.2) is 77.4 Å². The molecule has 4 aromatic rings. The number of aryl methyl sites for hydroxylation is 2. The molecular weight excluding hydrogens is 466 g/mol. The maximum Gasteiger partial charge on any atom is 0.222 e.